The molecular formula is C14H15N3O4. The Balaban J connectivity index is 1.70. The van der Waals surface area contributed by atoms with Crippen molar-refractivity contribution in [3.63, 3.8) is 0 Å². The van der Waals surface area contributed by atoms with Gasteiger partial charge in [0, 0.05) is 24.7 Å². The van der Waals surface area contributed by atoms with Crippen LogP contribution in [-0.2, 0) is 13.2 Å². The predicted molar refractivity (Wildman–Crippen MR) is 73.8 cm³/mol. The Morgan fingerprint density at radius 3 is 2.95 bits per heavy atom. The van der Waals surface area contributed by atoms with Gasteiger partial charge in [-0.3, -0.25) is 10.1 Å². The average Bonchev–Trinajstić information content (AvgIpc) is 3.17. The van der Waals surface area contributed by atoms with Crippen molar-refractivity contribution in [3.05, 3.63) is 51.9 Å². The van der Waals surface area contributed by atoms with Gasteiger partial charge in [0.2, 0.25) is 0 Å². The first-order chi connectivity index (χ1) is 10.2. The molecule has 0 spiro atoms. The average molecular weight is 289 g/mol. The normalized spacial score (nSPS) is 14.1. The van der Waals surface area contributed by atoms with Crippen LogP contribution in [0.4, 0.5) is 5.69 Å². The van der Waals surface area contributed by atoms with Gasteiger partial charge >= 0.3 is 5.69 Å². The van der Waals surface area contributed by atoms with Gasteiger partial charge in [0.1, 0.15) is 6.61 Å². The minimum absolute atomic E-state index is 0.0374. The molecule has 1 N–H and O–H groups in total. The van der Waals surface area contributed by atoms with Crippen LogP contribution < -0.4 is 10.1 Å². The molecule has 110 valence electrons. The van der Waals surface area contributed by atoms with Crippen LogP contribution in [0.5, 0.6) is 5.75 Å². The molecule has 0 aliphatic heterocycles. The van der Waals surface area contributed by atoms with E-state index in [-0.39, 0.29) is 18.0 Å². The molecule has 1 fully saturated rings. The van der Waals surface area contributed by atoms with E-state index in [4.69, 9.17) is 9.26 Å². The summed E-state index contributed by atoms with van der Waals surface area (Å²) in [5.74, 6) is 0.746. The SMILES string of the molecule is O=[N+]([O-])c1cc(CNC2CC2)ccc1OCc1ccno1. The zero-order valence-electron chi connectivity index (χ0n) is 11.3. The number of nitro groups is 1. The molecular weight excluding hydrogens is 274 g/mol. The number of benzene rings is 1. The summed E-state index contributed by atoms with van der Waals surface area (Å²) < 4.78 is 10.3. The lowest BCUT2D eigenvalue weighted by atomic mass is 10.2. The highest BCUT2D eigenvalue weighted by Crippen LogP contribution is 2.29. The lowest BCUT2D eigenvalue weighted by molar-refractivity contribution is -0.386. The molecule has 1 aromatic carbocycles. The first-order valence-electron chi connectivity index (χ1n) is 6.75. The predicted octanol–water partition coefficient (Wildman–Crippen LogP) is 2.41. The Morgan fingerprint density at radius 2 is 2.29 bits per heavy atom. The Hall–Kier alpha value is -2.41. The third-order valence-electron chi connectivity index (χ3n) is 3.25. The number of nitrogens with zero attached hydrogens (tertiary/aromatic N) is 2. The monoisotopic (exact) mass is 289 g/mol. The second kappa shape index (κ2) is 5.92. The van der Waals surface area contributed by atoms with Gasteiger partial charge < -0.3 is 14.6 Å². The van der Waals surface area contributed by atoms with Gasteiger partial charge in [-0.25, -0.2) is 0 Å². The van der Waals surface area contributed by atoms with Gasteiger partial charge in [-0.2, -0.15) is 0 Å². The highest BCUT2D eigenvalue weighted by atomic mass is 16.6. The maximum atomic E-state index is 11.2. The summed E-state index contributed by atoms with van der Waals surface area (Å²) in [4.78, 5) is 10.7. The lowest BCUT2D eigenvalue weighted by Gasteiger charge is -2.07. The van der Waals surface area contributed by atoms with Gasteiger partial charge in [-0.05, 0) is 24.5 Å². The summed E-state index contributed by atoms with van der Waals surface area (Å²) >= 11 is 0. The van der Waals surface area contributed by atoms with Gasteiger partial charge in [0.15, 0.2) is 11.5 Å². The maximum Gasteiger partial charge on any atom is 0.311 e. The largest absolute Gasteiger partial charge is 0.479 e. The zero-order chi connectivity index (χ0) is 14.7. The van der Waals surface area contributed by atoms with Crippen molar-refractivity contribution in [1.82, 2.24) is 10.5 Å². The van der Waals surface area contributed by atoms with Gasteiger partial charge in [0.05, 0.1) is 11.1 Å². The summed E-state index contributed by atoms with van der Waals surface area (Å²) in [6.45, 7) is 0.744. The Morgan fingerprint density at radius 1 is 1.43 bits per heavy atom. The number of hydrogen-bond donors (Lipinski definition) is 1. The first kappa shape index (κ1) is 13.6. The fourth-order valence-corrected chi connectivity index (χ4v) is 1.95. The highest BCUT2D eigenvalue weighted by molar-refractivity contribution is 5.48. The van der Waals surface area contributed by atoms with Crippen LogP contribution in [0, 0.1) is 10.1 Å². The molecule has 2 aromatic rings. The van der Waals surface area contributed by atoms with Gasteiger partial charge in [-0.1, -0.05) is 11.2 Å². The molecule has 0 amide bonds. The van der Waals surface area contributed by atoms with Crippen molar-refractivity contribution < 1.29 is 14.2 Å². The number of nitro benzene ring substituents is 1. The fraction of sp³-hybridized carbons (Fsp3) is 0.357. The van der Waals surface area contributed by atoms with E-state index in [0.717, 1.165) is 5.56 Å². The van der Waals surface area contributed by atoms with Crippen molar-refractivity contribution >= 4 is 5.69 Å². The van der Waals surface area contributed by atoms with E-state index >= 15 is 0 Å². The third kappa shape index (κ3) is 3.57. The van der Waals surface area contributed by atoms with Crippen LogP contribution in [0.3, 0.4) is 0 Å². The molecule has 1 heterocycles. The van der Waals surface area contributed by atoms with E-state index in [1.807, 2.05) is 6.07 Å². The molecule has 0 saturated heterocycles. The number of hydrogen-bond acceptors (Lipinski definition) is 6. The van der Waals surface area contributed by atoms with E-state index in [9.17, 15) is 10.1 Å². The van der Waals surface area contributed by atoms with Gasteiger partial charge in [-0.15, -0.1) is 0 Å². The molecule has 0 unspecified atom stereocenters. The minimum atomic E-state index is -0.434. The van der Waals surface area contributed by atoms with Crippen molar-refractivity contribution in [3.8, 4) is 5.75 Å². The van der Waals surface area contributed by atoms with Crippen LogP contribution in [0.15, 0.2) is 35.0 Å². The number of aromatic nitrogens is 1. The molecule has 21 heavy (non-hydrogen) atoms. The summed E-state index contributed by atoms with van der Waals surface area (Å²) in [5.41, 5.74) is 0.838. The molecule has 1 saturated carbocycles. The minimum Gasteiger partial charge on any atom is -0.479 e. The van der Waals surface area contributed by atoms with E-state index in [1.165, 1.54) is 19.0 Å². The first-order valence-corrected chi connectivity index (χ1v) is 6.75. The van der Waals surface area contributed by atoms with Crippen molar-refractivity contribution in [2.24, 2.45) is 0 Å². The number of nitrogens with one attached hydrogen (secondary N) is 1. The van der Waals surface area contributed by atoms with E-state index in [1.54, 1.807) is 18.2 Å². The van der Waals surface area contributed by atoms with Crippen LogP contribution in [0.2, 0.25) is 0 Å². The fourth-order valence-electron chi connectivity index (χ4n) is 1.95. The highest BCUT2D eigenvalue weighted by Gasteiger charge is 2.21. The summed E-state index contributed by atoms with van der Waals surface area (Å²) in [7, 11) is 0. The molecule has 7 nitrogen and oxygen atoms in total. The second-order valence-electron chi connectivity index (χ2n) is 4.98. The lowest BCUT2D eigenvalue weighted by Crippen LogP contribution is -2.15. The second-order valence-corrected chi connectivity index (χ2v) is 4.98. The zero-order valence-corrected chi connectivity index (χ0v) is 11.3. The number of rotatable bonds is 7. The summed E-state index contributed by atoms with van der Waals surface area (Å²) in [6, 6.07) is 7.22. The molecule has 1 aliphatic carbocycles. The Bertz CT molecular complexity index is 623. The van der Waals surface area contributed by atoms with Crippen molar-refractivity contribution in [1.29, 1.82) is 0 Å². The standard InChI is InChI=1S/C14H15N3O4/c18-17(19)13-7-10(8-15-11-2-3-11)1-4-14(13)20-9-12-5-6-16-21-12/h1,4-7,11,15H,2-3,8-9H2. The van der Waals surface area contributed by atoms with E-state index in [0.29, 0.717) is 18.3 Å². The Kier molecular flexibility index (Phi) is 3.83. The van der Waals surface area contributed by atoms with Crippen LogP contribution in [0.25, 0.3) is 0 Å². The van der Waals surface area contributed by atoms with Crippen LogP contribution in [-0.4, -0.2) is 16.1 Å². The maximum absolute atomic E-state index is 11.2. The molecule has 0 bridgehead atoms. The molecule has 7 heteroatoms. The molecule has 0 radical (unpaired) electrons. The van der Waals surface area contributed by atoms with Crippen molar-refractivity contribution in [2.75, 3.05) is 0 Å². The third-order valence-corrected chi connectivity index (χ3v) is 3.25. The summed E-state index contributed by atoms with van der Waals surface area (Å²) in [5, 5.41) is 18.0. The topological polar surface area (TPSA) is 90.4 Å². The molecule has 3 rings (SSSR count). The van der Waals surface area contributed by atoms with Crippen LogP contribution in [0.1, 0.15) is 24.2 Å². The number of ether oxygens (including phenoxy) is 1. The molecule has 1 aliphatic rings. The quantitative estimate of drug-likeness (QED) is 0.621. The molecule has 1 aromatic heterocycles. The van der Waals surface area contributed by atoms with E-state index < -0.39 is 4.92 Å². The van der Waals surface area contributed by atoms with Crippen LogP contribution >= 0.6 is 0 Å². The van der Waals surface area contributed by atoms with E-state index in [2.05, 4.69) is 10.5 Å². The molecule has 0 atom stereocenters. The smallest absolute Gasteiger partial charge is 0.311 e. The Labute approximate surface area is 121 Å². The van der Waals surface area contributed by atoms with Crippen molar-refractivity contribution in [2.45, 2.75) is 32.0 Å². The summed E-state index contributed by atoms with van der Waals surface area (Å²) in [6.07, 6.45) is 3.86. The van der Waals surface area contributed by atoms with Gasteiger partial charge in [0.25, 0.3) is 0 Å².